The van der Waals surface area contributed by atoms with Crippen molar-refractivity contribution in [2.75, 3.05) is 5.32 Å². The normalized spacial score (nSPS) is 17.5. The van der Waals surface area contributed by atoms with Gasteiger partial charge < -0.3 is 15.5 Å². The number of alkyl halides is 3. The number of carbonyl (C=O) groups is 1. The van der Waals surface area contributed by atoms with Crippen molar-refractivity contribution in [1.82, 2.24) is 15.0 Å². The Morgan fingerprint density at radius 1 is 1.08 bits per heavy atom. The summed E-state index contributed by atoms with van der Waals surface area (Å²) < 4.78 is 39.3. The molecule has 0 spiro atoms. The minimum Gasteiger partial charge on any atom is -0.478 e. The highest BCUT2D eigenvalue weighted by Crippen LogP contribution is 2.43. The first-order chi connectivity index (χ1) is 18.0. The van der Waals surface area contributed by atoms with Crippen molar-refractivity contribution in [2.24, 2.45) is 0 Å². The molecule has 7 nitrogen and oxygen atoms in total. The van der Waals surface area contributed by atoms with Gasteiger partial charge in [0.2, 0.25) is 0 Å². The van der Waals surface area contributed by atoms with E-state index < -0.39 is 23.3 Å². The van der Waals surface area contributed by atoms with E-state index in [9.17, 15) is 28.2 Å². The van der Waals surface area contributed by atoms with Crippen LogP contribution in [-0.2, 0) is 18.2 Å². The second kappa shape index (κ2) is 9.80. The number of nitrogens with one attached hydrogen (secondary N) is 1. The summed E-state index contributed by atoms with van der Waals surface area (Å²) in [6.45, 7) is 1.83. The van der Waals surface area contributed by atoms with Gasteiger partial charge in [-0.2, -0.15) is 13.2 Å². The zero-order valence-corrected chi connectivity index (χ0v) is 21.0. The Balaban J connectivity index is 1.49. The molecule has 0 bridgehead atoms. The van der Waals surface area contributed by atoms with E-state index in [0.29, 0.717) is 33.4 Å². The van der Waals surface area contributed by atoms with Crippen LogP contribution in [0, 0.1) is 6.92 Å². The van der Waals surface area contributed by atoms with Crippen molar-refractivity contribution in [3.8, 4) is 10.6 Å². The highest BCUT2D eigenvalue weighted by atomic mass is 32.1. The van der Waals surface area contributed by atoms with Crippen LogP contribution in [0.5, 0.6) is 0 Å². The van der Waals surface area contributed by atoms with Crippen LogP contribution in [0.4, 0.5) is 24.8 Å². The van der Waals surface area contributed by atoms with E-state index in [0.717, 1.165) is 48.7 Å². The number of aryl methyl sites for hydroxylation is 2. The van der Waals surface area contributed by atoms with Crippen LogP contribution >= 0.6 is 11.3 Å². The maximum atomic E-state index is 13.1. The highest BCUT2D eigenvalue weighted by Gasteiger charge is 2.38. The molecule has 38 heavy (non-hydrogen) atoms. The van der Waals surface area contributed by atoms with Crippen molar-refractivity contribution in [3.05, 3.63) is 87.7 Å². The summed E-state index contributed by atoms with van der Waals surface area (Å²) in [5.74, 6) is -0.752. The Bertz CT molecular complexity index is 1520. The van der Waals surface area contributed by atoms with Crippen LogP contribution in [0.1, 0.15) is 56.9 Å². The molecule has 0 saturated heterocycles. The van der Waals surface area contributed by atoms with Gasteiger partial charge in [0.1, 0.15) is 22.2 Å². The second-order valence-corrected chi connectivity index (χ2v) is 10.3. The van der Waals surface area contributed by atoms with Gasteiger partial charge in [0.15, 0.2) is 0 Å². The summed E-state index contributed by atoms with van der Waals surface area (Å²) in [4.78, 5) is 25.3. The Kier molecular flexibility index (Phi) is 6.66. The minimum atomic E-state index is -4.49. The van der Waals surface area contributed by atoms with E-state index in [1.54, 1.807) is 24.4 Å². The predicted molar refractivity (Wildman–Crippen MR) is 137 cm³/mol. The number of rotatable bonds is 5. The predicted octanol–water partition coefficient (Wildman–Crippen LogP) is 6.33. The molecule has 0 radical (unpaired) electrons. The fourth-order valence-electron chi connectivity index (χ4n) is 4.61. The molecule has 0 amide bonds. The zero-order valence-electron chi connectivity index (χ0n) is 20.2. The van der Waals surface area contributed by atoms with Gasteiger partial charge in [-0.05, 0) is 85.7 Å². The molecule has 4 aromatic rings. The van der Waals surface area contributed by atoms with Crippen LogP contribution in [0.3, 0.4) is 0 Å². The Labute approximate surface area is 220 Å². The summed E-state index contributed by atoms with van der Waals surface area (Å²) in [5.41, 5.74) is 0.598. The summed E-state index contributed by atoms with van der Waals surface area (Å²) in [6, 6.07) is 10.1. The van der Waals surface area contributed by atoms with Gasteiger partial charge in [-0.1, -0.05) is 6.07 Å². The number of aromatic carboxylic acids is 1. The quantitative estimate of drug-likeness (QED) is 0.254. The van der Waals surface area contributed by atoms with Gasteiger partial charge in [0, 0.05) is 12.4 Å². The summed E-state index contributed by atoms with van der Waals surface area (Å²) in [5, 5.41) is 24.6. The molecule has 11 heteroatoms. The summed E-state index contributed by atoms with van der Waals surface area (Å²) in [6.07, 6.45) is 0.905. The maximum Gasteiger partial charge on any atom is 0.416 e. The molecule has 1 aromatic carbocycles. The lowest BCUT2D eigenvalue weighted by Crippen LogP contribution is -2.27. The molecule has 0 fully saturated rings. The molecule has 1 aliphatic rings. The lowest BCUT2D eigenvalue weighted by Gasteiger charge is -2.27. The van der Waals surface area contributed by atoms with Crippen molar-refractivity contribution in [2.45, 2.75) is 44.4 Å². The average molecular weight is 541 g/mol. The number of hydrogen-bond donors (Lipinski definition) is 3. The Morgan fingerprint density at radius 3 is 2.66 bits per heavy atom. The van der Waals surface area contributed by atoms with E-state index in [2.05, 4.69) is 20.3 Å². The van der Waals surface area contributed by atoms with E-state index in [4.69, 9.17) is 0 Å². The topological polar surface area (TPSA) is 108 Å². The molecule has 0 saturated carbocycles. The van der Waals surface area contributed by atoms with E-state index in [1.807, 2.05) is 13.0 Å². The number of anilines is 2. The smallest absolute Gasteiger partial charge is 0.416 e. The average Bonchev–Trinajstić information content (AvgIpc) is 3.31. The van der Waals surface area contributed by atoms with Gasteiger partial charge in [-0.25, -0.2) is 19.7 Å². The maximum absolute atomic E-state index is 13.1. The standard InChI is InChI=1S/C27H23F3N4O3S/c1-15-10-20(33-23(11-15)34-22-13-18(7-9-31-22)27(28,29)30)21-14-32-25(38-21)26(37)8-3-2-4-16-5-6-17(24(35)36)12-19(16)26/h5-7,9-14,37H,2-4,8H2,1H3,(H,35,36)(H,31,33,34)/t26-/m1/s1. The number of fused-ring (bicyclic) bond motifs is 1. The van der Waals surface area contributed by atoms with Crippen LogP contribution in [0.15, 0.2) is 54.9 Å². The molecular weight excluding hydrogens is 517 g/mol. The number of aromatic nitrogens is 3. The molecular formula is C27H23F3N4O3S. The second-order valence-electron chi connectivity index (χ2n) is 9.24. The summed E-state index contributed by atoms with van der Waals surface area (Å²) >= 11 is 1.24. The van der Waals surface area contributed by atoms with Gasteiger partial charge in [-0.3, -0.25) is 0 Å². The van der Waals surface area contributed by atoms with E-state index >= 15 is 0 Å². The third-order valence-electron chi connectivity index (χ3n) is 6.46. The van der Waals surface area contributed by atoms with Crippen molar-refractivity contribution in [3.63, 3.8) is 0 Å². The van der Waals surface area contributed by atoms with Crippen molar-refractivity contribution in [1.29, 1.82) is 0 Å². The molecule has 1 aliphatic carbocycles. The van der Waals surface area contributed by atoms with Crippen LogP contribution in [0.25, 0.3) is 10.6 Å². The first-order valence-corrected chi connectivity index (χ1v) is 12.7. The largest absolute Gasteiger partial charge is 0.478 e. The van der Waals surface area contributed by atoms with Gasteiger partial charge in [0.25, 0.3) is 0 Å². The number of pyridine rings is 2. The molecule has 5 rings (SSSR count). The van der Waals surface area contributed by atoms with Crippen LogP contribution in [0.2, 0.25) is 0 Å². The van der Waals surface area contributed by atoms with E-state index in [1.165, 1.54) is 17.4 Å². The van der Waals surface area contributed by atoms with Crippen molar-refractivity contribution >= 4 is 28.9 Å². The third kappa shape index (κ3) is 5.11. The molecule has 3 heterocycles. The first kappa shape index (κ1) is 25.8. The molecule has 3 N–H and O–H groups in total. The SMILES string of the molecule is Cc1cc(Nc2cc(C(F)(F)F)ccn2)nc(-c2cnc([C@@]3(O)CCCCc4ccc(C(=O)O)cc43)s2)c1. The third-order valence-corrected chi connectivity index (χ3v) is 7.63. The number of hydrogen-bond acceptors (Lipinski definition) is 7. The fourth-order valence-corrected chi connectivity index (χ4v) is 5.62. The first-order valence-electron chi connectivity index (χ1n) is 11.9. The molecule has 0 aliphatic heterocycles. The number of carboxylic acids is 1. The summed E-state index contributed by atoms with van der Waals surface area (Å²) in [7, 11) is 0. The number of thiazole rings is 1. The number of nitrogens with zero attached hydrogens (tertiary/aromatic N) is 3. The van der Waals surface area contributed by atoms with Crippen LogP contribution in [-0.4, -0.2) is 31.1 Å². The minimum absolute atomic E-state index is 0.00692. The number of carboxylic acid groups (broad SMARTS) is 1. The number of halogens is 3. The molecule has 0 unspecified atom stereocenters. The fraction of sp³-hybridized carbons (Fsp3) is 0.259. The van der Waals surface area contributed by atoms with Crippen LogP contribution < -0.4 is 5.32 Å². The Hall–Kier alpha value is -3.83. The Morgan fingerprint density at radius 2 is 1.89 bits per heavy atom. The van der Waals surface area contributed by atoms with Gasteiger partial charge in [0.05, 0.1) is 21.7 Å². The van der Waals surface area contributed by atoms with E-state index in [-0.39, 0.29) is 11.4 Å². The van der Waals surface area contributed by atoms with Gasteiger partial charge >= 0.3 is 12.1 Å². The molecule has 1 atom stereocenters. The van der Waals surface area contributed by atoms with Gasteiger partial charge in [-0.15, -0.1) is 11.3 Å². The lowest BCUT2D eigenvalue weighted by atomic mass is 9.87. The molecule has 196 valence electrons. The lowest BCUT2D eigenvalue weighted by molar-refractivity contribution is -0.137. The highest BCUT2D eigenvalue weighted by molar-refractivity contribution is 7.15. The number of aliphatic hydroxyl groups is 1. The van der Waals surface area contributed by atoms with Crippen molar-refractivity contribution < 1.29 is 28.2 Å². The molecule has 3 aromatic heterocycles. The zero-order chi connectivity index (χ0) is 27.1. The monoisotopic (exact) mass is 540 g/mol. The number of benzene rings is 1.